The van der Waals surface area contributed by atoms with Crippen molar-refractivity contribution in [2.75, 3.05) is 13.2 Å². The van der Waals surface area contributed by atoms with Crippen molar-refractivity contribution in [2.24, 2.45) is 0 Å². The average molecular weight is 303 g/mol. The minimum Gasteiger partial charge on any atom is -0.384 e. The van der Waals surface area contributed by atoms with E-state index in [1.165, 1.54) is 21.8 Å². The highest BCUT2D eigenvalue weighted by Crippen LogP contribution is 2.26. The van der Waals surface area contributed by atoms with Gasteiger partial charge in [0, 0.05) is 23.5 Å². The van der Waals surface area contributed by atoms with Crippen LogP contribution in [0.1, 0.15) is 25.7 Å². The van der Waals surface area contributed by atoms with Crippen molar-refractivity contribution >= 4 is 28.6 Å². The van der Waals surface area contributed by atoms with Crippen LogP contribution in [0.3, 0.4) is 0 Å². The lowest BCUT2D eigenvalue weighted by atomic mass is 10.1. The Morgan fingerprint density at radius 2 is 2.20 bits per heavy atom. The van der Waals surface area contributed by atoms with Crippen LogP contribution in [0.2, 0.25) is 0 Å². The van der Waals surface area contributed by atoms with Crippen molar-refractivity contribution in [2.45, 2.75) is 13.0 Å². The van der Waals surface area contributed by atoms with E-state index < -0.39 is 0 Å². The highest BCUT2D eigenvalue weighted by atomic mass is 32.1. The molecule has 0 bridgehead atoms. The predicted molar refractivity (Wildman–Crippen MR) is 81.0 cm³/mol. The summed E-state index contributed by atoms with van der Waals surface area (Å²) in [7, 11) is 0. The fourth-order valence-electron chi connectivity index (χ4n) is 2.27. The summed E-state index contributed by atoms with van der Waals surface area (Å²) in [6.45, 7) is 1.25. The standard InChI is InChI=1S/C15H13NO2S2/c17-7-1-2-11-4-9-20-14(11)15(18)16-6-3-13-12(10-16)5-8-19-13/h4-5,8-9,17H,3,6-7,10H2. The van der Waals surface area contributed by atoms with Gasteiger partial charge in [-0.05, 0) is 34.9 Å². The normalized spacial score (nSPS) is 13.6. The summed E-state index contributed by atoms with van der Waals surface area (Å²) in [6.07, 6.45) is 0.932. The van der Waals surface area contributed by atoms with Gasteiger partial charge in [-0.25, -0.2) is 0 Å². The van der Waals surface area contributed by atoms with E-state index >= 15 is 0 Å². The molecule has 0 aliphatic carbocycles. The maximum absolute atomic E-state index is 12.6. The molecular formula is C15H13NO2S2. The van der Waals surface area contributed by atoms with Crippen LogP contribution in [-0.4, -0.2) is 29.1 Å². The second kappa shape index (κ2) is 5.80. The van der Waals surface area contributed by atoms with E-state index in [1.54, 1.807) is 11.3 Å². The smallest absolute Gasteiger partial charge is 0.265 e. The van der Waals surface area contributed by atoms with Crippen molar-refractivity contribution < 1.29 is 9.90 Å². The lowest BCUT2D eigenvalue weighted by Gasteiger charge is -2.26. The molecule has 0 radical (unpaired) electrons. The van der Waals surface area contributed by atoms with Crippen molar-refractivity contribution in [3.63, 3.8) is 0 Å². The first-order valence-electron chi connectivity index (χ1n) is 6.31. The van der Waals surface area contributed by atoms with E-state index in [-0.39, 0.29) is 12.5 Å². The zero-order valence-corrected chi connectivity index (χ0v) is 12.4. The van der Waals surface area contributed by atoms with Gasteiger partial charge < -0.3 is 10.0 Å². The Balaban J connectivity index is 1.82. The summed E-state index contributed by atoms with van der Waals surface area (Å²) < 4.78 is 0. The largest absolute Gasteiger partial charge is 0.384 e. The number of aliphatic hydroxyl groups is 1. The molecule has 0 unspecified atom stereocenters. The van der Waals surface area contributed by atoms with Crippen molar-refractivity contribution in [3.8, 4) is 11.8 Å². The van der Waals surface area contributed by atoms with Gasteiger partial charge in [0.2, 0.25) is 0 Å². The van der Waals surface area contributed by atoms with Gasteiger partial charge in [-0.15, -0.1) is 22.7 Å². The first-order valence-corrected chi connectivity index (χ1v) is 8.07. The summed E-state index contributed by atoms with van der Waals surface area (Å²) in [5.74, 6) is 5.49. The summed E-state index contributed by atoms with van der Waals surface area (Å²) in [5.41, 5.74) is 1.97. The van der Waals surface area contributed by atoms with E-state index in [9.17, 15) is 4.79 Å². The molecule has 0 fully saturated rings. The van der Waals surface area contributed by atoms with Crippen LogP contribution in [0, 0.1) is 11.8 Å². The van der Waals surface area contributed by atoms with Crippen LogP contribution in [0.4, 0.5) is 0 Å². The van der Waals surface area contributed by atoms with Crippen LogP contribution in [0.5, 0.6) is 0 Å². The van der Waals surface area contributed by atoms with E-state index in [0.717, 1.165) is 13.0 Å². The molecule has 3 nitrogen and oxygen atoms in total. The minimum absolute atomic E-state index is 0.0408. The number of amides is 1. The van der Waals surface area contributed by atoms with Gasteiger partial charge in [-0.2, -0.15) is 0 Å². The SMILES string of the molecule is O=C(c1sccc1C#CCO)N1CCc2sccc2C1. The molecule has 102 valence electrons. The molecule has 2 aromatic rings. The molecule has 1 amide bonds. The fourth-order valence-corrected chi connectivity index (χ4v) is 3.98. The number of thiophene rings is 2. The Kier molecular flexibility index (Phi) is 3.88. The number of aliphatic hydroxyl groups excluding tert-OH is 1. The van der Waals surface area contributed by atoms with Crippen LogP contribution >= 0.6 is 22.7 Å². The molecule has 0 aromatic carbocycles. The third-order valence-electron chi connectivity index (χ3n) is 3.26. The summed E-state index contributed by atoms with van der Waals surface area (Å²) in [4.78, 5) is 16.5. The average Bonchev–Trinajstić information content (AvgIpc) is 3.12. The monoisotopic (exact) mass is 303 g/mol. The van der Waals surface area contributed by atoms with Gasteiger partial charge in [-0.3, -0.25) is 4.79 Å². The van der Waals surface area contributed by atoms with Gasteiger partial charge in [0.1, 0.15) is 11.5 Å². The molecule has 2 aromatic heterocycles. The minimum atomic E-state index is -0.189. The Hall–Kier alpha value is -1.61. The summed E-state index contributed by atoms with van der Waals surface area (Å²) in [6, 6.07) is 3.93. The Morgan fingerprint density at radius 1 is 1.35 bits per heavy atom. The highest BCUT2D eigenvalue weighted by molar-refractivity contribution is 7.12. The third kappa shape index (κ3) is 2.50. The highest BCUT2D eigenvalue weighted by Gasteiger charge is 2.24. The lowest BCUT2D eigenvalue weighted by molar-refractivity contribution is 0.0740. The second-order valence-corrected chi connectivity index (χ2v) is 6.39. The van der Waals surface area contributed by atoms with Crippen LogP contribution in [-0.2, 0) is 13.0 Å². The maximum atomic E-state index is 12.6. The Bertz CT molecular complexity index is 690. The van der Waals surface area contributed by atoms with Gasteiger partial charge >= 0.3 is 0 Å². The Morgan fingerprint density at radius 3 is 3.05 bits per heavy atom. The number of nitrogens with zero attached hydrogens (tertiary/aromatic N) is 1. The number of rotatable bonds is 1. The van der Waals surface area contributed by atoms with Gasteiger partial charge in [0.15, 0.2) is 0 Å². The molecule has 5 heteroatoms. The number of carbonyl (C=O) groups excluding carboxylic acids is 1. The van der Waals surface area contributed by atoms with Crippen molar-refractivity contribution in [1.29, 1.82) is 0 Å². The fraction of sp³-hybridized carbons (Fsp3) is 0.267. The van der Waals surface area contributed by atoms with E-state index in [4.69, 9.17) is 5.11 Å². The first-order chi connectivity index (χ1) is 9.79. The molecule has 0 saturated carbocycles. The second-order valence-electron chi connectivity index (χ2n) is 4.47. The van der Waals surface area contributed by atoms with E-state index in [2.05, 4.69) is 23.3 Å². The molecule has 1 aliphatic heterocycles. The zero-order valence-electron chi connectivity index (χ0n) is 10.8. The molecular weight excluding hydrogens is 290 g/mol. The van der Waals surface area contributed by atoms with Gasteiger partial charge in [-0.1, -0.05) is 11.8 Å². The first kappa shape index (κ1) is 13.4. The zero-order chi connectivity index (χ0) is 13.9. The molecule has 3 rings (SSSR count). The maximum Gasteiger partial charge on any atom is 0.265 e. The molecule has 20 heavy (non-hydrogen) atoms. The molecule has 0 atom stereocenters. The molecule has 0 saturated heterocycles. The molecule has 3 heterocycles. The van der Waals surface area contributed by atoms with Crippen LogP contribution in [0.25, 0.3) is 0 Å². The van der Waals surface area contributed by atoms with Crippen LogP contribution in [0.15, 0.2) is 22.9 Å². The Labute approximate surface area is 125 Å². The predicted octanol–water partition coefficient (Wildman–Crippen LogP) is 2.35. The summed E-state index contributed by atoms with van der Waals surface area (Å²) >= 11 is 3.18. The number of fused-ring (bicyclic) bond motifs is 1. The van der Waals surface area contributed by atoms with Gasteiger partial charge in [0.25, 0.3) is 5.91 Å². The molecule has 1 aliphatic rings. The number of carbonyl (C=O) groups is 1. The molecule has 0 spiro atoms. The summed E-state index contributed by atoms with van der Waals surface area (Å²) in [5, 5.41) is 12.7. The van der Waals surface area contributed by atoms with E-state index in [0.29, 0.717) is 17.0 Å². The lowest BCUT2D eigenvalue weighted by Crippen LogP contribution is -2.35. The number of hydrogen-bond acceptors (Lipinski definition) is 4. The van der Waals surface area contributed by atoms with Gasteiger partial charge in [0.05, 0.1) is 0 Å². The van der Waals surface area contributed by atoms with Crippen molar-refractivity contribution in [3.05, 3.63) is 43.8 Å². The van der Waals surface area contributed by atoms with E-state index in [1.807, 2.05) is 16.3 Å². The third-order valence-corrected chi connectivity index (χ3v) is 5.18. The quantitative estimate of drug-likeness (QED) is 0.822. The van der Waals surface area contributed by atoms with Crippen LogP contribution < -0.4 is 0 Å². The van der Waals surface area contributed by atoms with Crippen molar-refractivity contribution in [1.82, 2.24) is 4.90 Å². The molecule has 1 N–H and O–H groups in total. The topological polar surface area (TPSA) is 40.5 Å². The number of hydrogen-bond donors (Lipinski definition) is 1.